The van der Waals surface area contributed by atoms with Gasteiger partial charge in [0.2, 0.25) is 5.91 Å². The molecule has 4 nitrogen and oxygen atoms in total. The number of nitrogens with zero attached hydrogens (tertiary/aromatic N) is 1. The lowest BCUT2D eigenvalue weighted by Gasteiger charge is -2.17. The molecule has 118 valence electrons. The van der Waals surface area contributed by atoms with Gasteiger partial charge in [0, 0.05) is 17.8 Å². The largest absolute Gasteiger partial charge is 0.340 e. The lowest BCUT2D eigenvalue weighted by Crippen LogP contribution is -2.41. The summed E-state index contributed by atoms with van der Waals surface area (Å²) in [5.41, 5.74) is 0.747. The predicted octanol–water partition coefficient (Wildman–Crippen LogP) is 2.50. The Labute approximate surface area is 131 Å². The van der Waals surface area contributed by atoms with E-state index < -0.39 is 17.8 Å². The first-order chi connectivity index (χ1) is 11.0. The van der Waals surface area contributed by atoms with E-state index in [4.69, 9.17) is 0 Å². The molecule has 0 spiro atoms. The van der Waals surface area contributed by atoms with Gasteiger partial charge in [-0.2, -0.15) is 0 Å². The average molecular weight is 316 g/mol. The maximum Gasteiger partial charge on any atom is 0.252 e. The number of nitrogens with one attached hydrogen (secondary N) is 1. The van der Waals surface area contributed by atoms with Crippen molar-refractivity contribution >= 4 is 17.5 Å². The summed E-state index contributed by atoms with van der Waals surface area (Å²) in [6, 6.07) is 10.2. The van der Waals surface area contributed by atoms with Crippen LogP contribution in [0.5, 0.6) is 0 Å². The van der Waals surface area contributed by atoms with Gasteiger partial charge >= 0.3 is 0 Å². The fourth-order valence-corrected chi connectivity index (χ4v) is 2.56. The molecule has 2 aromatic carbocycles. The molecule has 1 atom stereocenters. The summed E-state index contributed by atoms with van der Waals surface area (Å²) in [7, 11) is 0. The molecule has 1 saturated heterocycles. The van der Waals surface area contributed by atoms with Crippen LogP contribution in [0.4, 0.5) is 14.5 Å². The van der Waals surface area contributed by atoms with Gasteiger partial charge in [0.15, 0.2) is 0 Å². The average Bonchev–Trinajstić information content (AvgIpc) is 2.89. The van der Waals surface area contributed by atoms with Crippen LogP contribution in [0.1, 0.15) is 16.8 Å². The van der Waals surface area contributed by atoms with E-state index in [0.29, 0.717) is 18.7 Å². The van der Waals surface area contributed by atoms with E-state index >= 15 is 0 Å². The molecular formula is C17H14F2N2O2. The Kier molecular flexibility index (Phi) is 4.06. The highest BCUT2D eigenvalue weighted by atomic mass is 19.1. The standard InChI is InChI=1S/C17H14F2N2O2/c18-12-4-6-14(7-5-12)21-9-8-15(17(21)23)20-16(22)11-2-1-3-13(19)10-11/h1-7,10,15H,8-9H2,(H,20,22). The third-order valence-electron chi connectivity index (χ3n) is 3.74. The summed E-state index contributed by atoms with van der Waals surface area (Å²) in [5.74, 6) is -1.65. The molecule has 0 bridgehead atoms. The Morgan fingerprint density at radius 1 is 1.09 bits per heavy atom. The van der Waals surface area contributed by atoms with Gasteiger partial charge < -0.3 is 10.2 Å². The van der Waals surface area contributed by atoms with Crippen LogP contribution in [0.2, 0.25) is 0 Å². The first kappa shape index (κ1) is 15.1. The zero-order valence-corrected chi connectivity index (χ0v) is 12.1. The van der Waals surface area contributed by atoms with Crippen molar-refractivity contribution in [2.75, 3.05) is 11.4 Å². The first-order valence-electron chi connectivity index (χ1n) is 7.18. The molecule has 1 heterocycles. The number of hydrogen-bond acceptors (Lipinski definition) is 2. The number of benzene rings is 2. The van der Waals surface area contributed by atoms with E-state index in [2.05, 4.69) is 5.32 Å². The highest BCUT2D eigenvalue weighted by molar-refractivity contribution is 6.03. The summed E-state index contributed by atoms with van der Waals surface area (Å²) in [5, 5.41) is 2.61. The molecule has 0 radical (unpaired) electrons. The van der Waals surface area contributed by atoms with Gasteiger partial charge in [-0.25, -0.2) is 8.78 Å². The van der Waals surface area contributed by atoms with E-state index in [0.717, 1.165) is 6.07 Å². The van der Waals surface area contributed by atoms with Crippen molar-refractivity contribution < 1.29 is 18.4 Å². The van der Waals surface area contributed by atoms with E-state index in [1.807, 2.05) is 0 Å². The van der Waals surface area contributed by atoms with Crippen LogP contribution in [-0.4, -0.2) is 24.4 Å². The number of amides is 2. The predicted molar refractivity (Wildman–Crippen MR) is 81.0 cm³/mol. The van der Waals surface area contributed by atoms with Crippen LogP contribution in [0.25, 0.3) is 0 Å². The smallest absolute Gasteiger partial charge is 0.252 e. The Morgan fingerprint density at radius 2 is 1.83 bits per heavy atom. The van der Waals surface area contributed by atoms with E-state index in [1.54, 1.807) is 0 Å². The number of anilines is 1. The van der Waals surface area contributed by atoms with Crippen LogP contribution in [0.15, 0.2) is 48.5 Å². The number of carbonyl (C=O) groups excluding carboxylic acids is 2. The van der Waals surface area contributed by atoms with E-state index in [1.165, 1.54) is 47.4 Å². The number of halogens is 2. The minimum atomic E-state index is -0.671. The lowest BCUT2D eigenvalue weighted by atomic mass is 10.2. The lowest BCUT2D eigenvalue weighted by molar-refractivity contribution is -0.118. The van der Waals surface area contributed by atoms with Crippen LogP contribution in [0.3, 0.4) is 0 Å². The van der Waals surface area contributed by atoms with Crippen molar-refractivity contribution in [1.82, 2.24) is 5.32 Å². The van der Waals surface area contributed by atoms with E-state index in [9.17, 15) is 18.4 Å². The summed E-state index contributed by atoms with van der Waals surface area (Å²) in [4.78, 5) is 26.0. The summed E-state index contributed by atoms with van der Waals surface area (Å²) in [6.45, 7) is 0.429. The number of rotatable bonds is 3. The molecule has 6 heteroatoms. The Bertz CT molecular complexity index is 747. The van der Waals surface area contributed by atoms with Gasteiger partial charge in [0.25, 0.3) is 5.91 Å². The molecule has 1 unspecified atom stereocenters. The fourth-order valence-electron chi connectivity index (χ4n) is 2.56. The van der Waals surface area contributed by atoms with Gasteiger partial charge in [0.05, 0.1) is 0 Å². The second-order valence-electron chi connectivity index (χ2n) is 5.29. The summed E-state index contributed by atoms with van der Waals surface area (Å²) in [6.07, 6.45) is 0.442. The second kappa shape index (κ2) is 6.16. The monoisotopic (exact) mass is 316 g/mol. The van der Waals surface area contributed by atoms with Gasteiger partial charge in [0.1, 0.15) is 17.7 Å². The molecule has 0 aromatic heterocycles. The minimum absolute atomic E-state index is 0.165. The van der Waals surface area contributed by atoms with Crippen molar-refractivity contribution in [2.45, 2.75) is 12.5 Å². The highest BCUT2D eigenvalue weighted by Gasteiger charge is 2.33. The molecule has 1 aliphatic rings. The maximum atomic E-state index is 13.1. The number of carbonyl (C=O) groups is 2. The van der Waals surface area contributed by atoms with Crippen molar-refractivity contribution in [3.05, 3.63) is 65.7 Å². The molecule has 1 aliphatic heterocycles. The zero-order chi connectivity index (χ0) is 16.4. The third kappa shape index (κ3) is 3.21. The normalized spacial score (nSPS) is 17.4. The van der Waals surface area contributed by atoms with Crippen molar-refractivity contribution in [3.8, 4) is 0 Å². The Balaban J connectivity index is 1.69. The van der Waals surface area contributed by atoms with Crippen molar-refractivity contribution in [3.63, 3.8) is 0 Å². The number of hydrogen-bond donors (Lipinski definition) is 1. The highest BCUT2D eigenvalue weighted by Crippen LogP contribution is 2.22. The second-order valence-corrected chi connectivity index (χ2v) is 5.29. The fraction of sp³-hybridized carbons (Fsp3) is 0.176. The molecule has 2 aromatic rings. The van der Waals surface area contributed by atoms with Crippen LogP contribution in [-0.2, 0) is 4.79 Å². The van der Waals surface area contributed by atoms with Gasteiger partial charge in [-0.05, 0) is 48.9 Å². The van der Waals surface area contributed by atoms with Crippen LogP contribution >= 0.6 is 0 Å². The summed E-state index contributed by atoms with van der Waals surface area (Å²) < 4.78 is 26.1. The van der Waals surface area contributed by atoms with Gasteiger partial charge in [-0.1, -0.05) is 6.07 Å². The molecule has 3 rings (SSSR count). The van der Waals surface area contributed by atoms with E-state index in [-0.39, 0.29) is 17.3 Å². The minimum Gasteiger partial charge on any atom is -0.340 e. The Morgan fingerprint density at radius 3 is 2.52 bits per heavy atom. The Hall–Kier alpha value is -2.76. The molecule has 2 amide bonds. The molecule has 1 N–H and O–H groups in total. The third-order valence-corrected chi connectivity index (χ3v) is 3.74. The SMILES string of the molecule is O=C(NC1CCN(c2ccc(F)cc2)C1=O)c1cccc(F)c1. The molecular weight excluding hydrogens is 302 g/mol. The van der Waals surface area contributed by atoms with Crippen molar-refractivity contribution in [1.29, 1.82) is 0 Å². The van der Waals surface area contributed by atoms with Crippen molar-refractivity contribution in [2.24, 2.45) is 0 Å². The van der Waals surface area contributed by atoms with Gasteiger partial charge in [-0.3, -0.25) is 9.59 Å². The first-order valence-corrected chi connectivity index (χ1v) is 7.18. The quantitative estimate of drug-likeness (QED) is 0.946. The topological polar surface area (TPSA) is 49.4 Å². The molecule has 0 saturated carbocycles. The van der Waals surface area contributed by atoms with Crippen LogP contribution < -0.4 is 10.2 Å². The molecule has 0 aliphatic carbocycles. The van der Waals surface area contributed by atoms with Gasteiger partial charge in [-0.15, -0.1) is 0 Å². The summed E-state index contributed by atoms with van der Waals surface area (Å²) >= 11 is 0. The molecule has 1 fully saturated rings. The maximum absolute atomic E-state index is 13.1. The molecule has 23 heavy (non-hydrogen) atoms. The zero-order valence-electron chi connectivity index (χ0n) is 12.1. The van der Waals surface area contributed by atoms with Crippen LogP contribution in [0, 0.1) is 11.6 Å².